The summed E-state index contributed by atoms with van der Waals surface area (Å²) in [7, 11) is 1.68. The first-order valence-corrected chi connectivity index (χ1v) is 8.91. The van der Waals surface area contributed by atoms with E-state index in [1.54, 1.807) is 23.9 Å². The van der Waals surface area contributed by atoms with Crippen LogP contribution in [0.15, 0.2) is 54.7 Å². The van der Waals surface area contributed by atoms with Gasteiger partial charge in [0.25, 0.3) is 5.91 Å². The molecule has 0 unspecified atom stereocenters. The van der Waals surface area contributed by atoms with Crippen molar-refractivity contribution in [3.05, 3.63) is 66.1 Å². The van der Waals surface area contributed by atoms with E-state index in [4.69, 9.17) is 4.74 Å². The van der Waals surface area contributed by atoms with Gasteiger partial charge in [-0.1, -0.05) is 12.1 Å². The minimum atomic E-state index is -0.190. The second-order valence-corrected chi connectivity index (χ2v) is 6.38. The Kier molecular flexibility index (Phi) is 4.86. The van der Waals surface area contributed by atoms with Gasteiger partial charge < -0.3 is 14.6 Å². The minimum absolute atomic E-state index is 0.190. The normalized spacial score (nSPS) is 11.1. The van der Waals surface area contributed by atoms with Gasteiger partial charge in [0.05, 0.1) is 23.5 Å². The number of methoxy groups -OCH3 is 1. The van der Waals surface area contributed by atoms with Crippen molar-refractivity contribution in [3.63, 3.8) is 0 Å². The fourth-order valence-electron chi connectivity index (χ4n) is 3.16. The van der Waals surface area contributed by atoms with Crippen molar-refractivity contribution in [2.75, 3.05) is 19.0 Å². The lowest BCUT2D eigenvalue weighted by atomic mass is 10.1. The Balaban J connectivity index is 1.61. The Bertz CT molecular complexity index is 1130. The lowest BCUT2D eigenvalue weighted by Gasteiger charge is -2.10. The minimum Gasteiger partial charge on any atom is -0.383 e. The molecule has 4 aromatic rings. The standard InChI is InChI=1S/C20H20N6O2/c1-14-22-23-24-26(14)16-6-3-5-15(13-16)20(27)21-18-7-4-8-19-17(18)9-10-25(19)11-12-28-2/h3-10,13H,11-12H2,1-2H3,(H,21,27). The second-order valence-electron chi connectivity index (χ2n) is 6.38. The van der Waals surface area contributed by atoms with Crippen LogP contribution in [0.25, 0.3) is 16.6 Å². The van der Waals surface area contributed by atoms with E-state index < -0.39 is 0 Å². The number of hydrogen-bond donors (Lipinski definition) is 1. The lowest BCUT2D eigenvalue weighted by molar-refractivity contribution is 0.102. The summed E-state index contributed by atoms with van der Waals surface area (Å²) in [5.41, 5.74) is 3.08. The van der Waals surface area contributed by atoms with Gasteiger partial charge in [0, 0.05) is 30.8 Å². The van der Waals surface area contributed by atoms with Crippen LogP contribution in [0.3, 0.4) is 0 Å². The van der Waals surface area contributed by atoms with E-state index >= 15 is 0 Å². The fourth-order valence-corrected chi connectivity index (χ4v) is 3.16. The average Bonchev–Trinajstić information content (AvgIpc) is 3.33. The number of nitrogens with one attached hydrogen (secondary N) is 1. The second kappa shape index (κ2) is 7.61. The molecule has 2 heterocycles. The van der Waals surface area contributed by atoms with Crippen LogP contribution >= 0.6 is 0 Å². The van der Waals surface area contributed by atoms with Gasteiger partial charge in [-0.2, -0.15) is 4.68 Å². The molecule has 1 N–H and O–H groups in total. The van der Waals surface area contributed by atoms with E-state index in [1.165, 1.54) is 0 Å². The van der Waals surface area contributed by atoms with Gasteiger partial charge in [0.2, 0.25) is 0 Å². The fraction of sp³-hybridized carbons (Fsp3) is 0.200. The Morgan fingerprint density at radius 3 is 2.82 bits per heavy atom. The summed E-state index contributed by atoms with van der Waals surface area (Å²) in [6.45, 7) is 3.19. The molecule has 0 aliphatic heterocycles. The van der Waals surface area contributed by atoms with Crippen LogP contribution in [0.4, 0.5) is 5.69 Å². The Hall–Kier alpha value is -3.52. The molecule has 1 amide bonds. The Labute approximate surface area is 161 Å². The number of aromatic nitrogens is 5. The zero-order valence-corrected chi connectivity index (χ0v) is 15.7. The molecule has 0 spiro atoms. The third kappa shape index (κ3) is 3.37. The highest BCUT2D eigenvalue weighted by Gasteiger charge is 2.12. The Morgan fingerprint density at radius 1 is 1.18 bits per heavy atom. The Morgan fingerprint density at radius 2 is 2.04 bits per heavy atom. The molecule has 4 rings (SSSR count). The van der Waals surface area contributed by atoms with Gasteiger partial charge in [-0.25, -0.2) is 0 Å². The number of carbonyl (C=O) groups is 1. The number of aryl methyl sites for hydroxylation is 1. The maximum atomic E-state index is 12.8. The quantitative estimate of drug-likeness (QED) is 0.559. The van der Waals surface area contributed by atoms with Crippen molar-refractivity contribution < 1.29 is 9.53 Å². The lowest BCUT2D eigenvalue weighted by Crippen LogP contribution is -2.13. The van der Waals surface area contributed by atoms with Crippen molar-refractivity contribution >= 4 is 22.5 Å². The number of hydrogen-bond acceptors (Lipinski definition) is 5. The van der Waals surface area contributed by atoms with Crippen LogP contribution < -0.4 is 5.32 Å². The molecule has 0 saturated carbocycles. The topological polar surface area (TPSA) is 86.9 Å². The summed E-state index contributed by atoms with van der Waals surface area (Å²) < 4.78 is 8.86. The van der Waals surface area contributed by atoms with Crippen LogP contribution in [0.5, 0.6) is 0 Å². The predicted octanol–water partition coefficient (Wildman–Crippen LogP) is 2.82. The third-order valence-electron chi connectivity index (χ3n) is 4.58. The summed E-state index contributed by atoms with van der Waals surface area (Å²) in [6.07, 6.45) is 2.00. The largest absolute Gasteiger partial charge is 0.383 e. The highest BCUT2D eigenvalue weighted by molar-refractivity contribution is 6.09. The van der Waals surface area contributed by atoms with E-state index in [0.717, 1.165) is 28.8 Å². The molecule has 0 saturated heterocycles. The number of carbonyl (C=O) groups excluding carboxylic acids is 1. The van der Waals surface area contributed by atoms with E-state index in [9.17, 15) is 4.79 Å². The molecule has 28 heavy (non-hydrogen) atoms. The molecule has 0 aliphatic rings. The number of benzene rings is 2. The maximum Gasteiger partial charge on any atom is 0.255 e. The van der Waals surface area contributed by atoms with Crippen LogP contribution in [-0.2, 0) is 11.3 Å². The van der Waals surface area contributed by atoms with Crippen LogP contribution in [0.2, 0.25) is 0 Å². The van der Waals surface area contributed by atoms with Crippen LogP contribution in [0, 0.1) is 6.92 Å². The number of rotatable bonds is 6. The van der Waals surface area contributed by atoms with Crippen molar-refractivity contribution in [1.82, 2.24) is 24.8 Å². The van der Waals surface area contributed by atoms with Gasteiger partial charge in [-0.3, -0.25) is 4.79 Å². The number of ether oxygens (including phenoxy) is 1. The number of tetrazole rings is 1. The molecule has 8 heteroatoms. The first kappa shape index (κ1) is 17.9. The highest BCUT2D eigenvalue weighted by Crippen LogP contribution is 2.25. The van der Waals surface area contributed by atoms with Crippen LogP contribution in [0.1, 0.15) is 16.2 Å². The summed E-state index contributed by atoms with van der Waals surface area (Å²) in [5, 5.41) is 15.5. The molecular formula is C20H20N6O2. The molecule has 8 nitrogen and oxygen atoms in total. The van der Waals surface area contributed by atoms with Gasteiger partial charge in [-0.15, -0.1) is 5.10 Å². The van der Waals surface area contributed by atoms with Crippen molar-refractivity contribution in [2.24, 2.45) is 0 Å². The van der Waals surface area contributed by atoms with Crippen LogP contribution in [-0.4, -0.2) is 44.4 Å². The van der Waals surface area contributed by atoms with Crippen molar-refractivity contribution in [2.45, 2.75) is 13.5 Å². The van der Waals surface area contributed by atoms with E-state index in [-0.39, 0.29) is 5.91 Å². The summed E-state index contributed by atoms with van der Waals surface area (Å²) in [5.74, 6) is 0.462. The molecule has 0 fully saturated rings. The highest BCUT2D eigenvalue weighted by atomic mass is 16.5. The third-order valence-corrected chi connectivity index (χ3v) is 4.58. The molecule has 2 aromatic carbocycles. The molecule has 2 aromatic heterocycles. The van der Waals surface area contributed by atoms with Crippen molar-refractivity contribution in [3.8, 4) is 5.69 Å². The molecular weight excluding hydrogens is 356 g/mol. The monoisotopic (exact) mass is 376 g/mol. The zero-order chi connectivity index (χ0) is 19.5. The first-order chi connectivity index (χ1) is 13.7. The average molecular weight is 376 g/mol. The van der Waals surface area contributed by atoms with Gasteiger partial charge in [-0.05, 0) is 53.7 Å². The summed E-state index contributed by atoms with van der Waals surface area (Å²) in [6, 6.07) is 15.1. The van der Waals surface area contributed by atoms with E-state index in [0.29, 0.717) is 18.0 Å². The molecule has 0 aliphatic carbocycles. The van der Waals surface area contributed by atoms with Crippen molar-refractivity contribution in [1.29, 1.82) is 0 Å². The smallest absolute Gasteiger partial charge is 0.255 e. The summed E-state index contributed by atoms with van der Waals surface area (Å²) >= 11 is 0. The van der Waals surface area contributed by atoms with Gasteiger partial charge in [0.15, 0.2) is 5.82 Å². The molecule has 0 bridgehead atoms. The molecule has 0 radical (unpaired) electrons. The SMILES string of the molecule is COCCn1ccc2c(NC(=O)c3cccc(-n4nnnc4C)c3)cccc21. The van der Waals surface area contributed by atoms with E-state index in [2.05, 4.69) is 25.4 Å². The molecule has 0 atom stereocenters. The number of anilines is 1. The van der Waals surface area contributed by atoms with E-state index in [1.807, 2.05) is 49.5 Å². The zero-order valence-electron chi connectivity index (χ0n) is 15.7. The molecule has 142 valence electrons. The van der Waals surface area contributed by atoms with Gasteiger partial charge in [0.1, 0.15) is 0 Å². The predicted molar refractivity (Wildman–Crippen MR) is 106 cm³/mol. The first-order valence-electron chi connectivity index (χ1n) is 8.91. The summed E-state index contributed by atoms with van der Waals surface area (Å²) in [4.78, 5) is 12.8. The maximum absolute atomic E-state index is 12.8. The number of amides is 1. The number of nitrogens with zero attached hydrogens (tertiary/aromatic N) is 5. The van der Waals surface area contributed by atoms with Gasteiger partial charge >= 0.3 is 0 Å². The number of fused-ring (bicyclic) bond motifs is 1.